The largest absolute Gasteiger partial charge is 0.372 e. The smallest absolute Gasteiger partial charge is 0.250 e. The topological polar surface area (TPSA) is 61.4 Å². The van der Waals surface area contributed by atoms with E-state index in [1.165, 1.54) is 0 Å². The summed E-state index contributed by atoms with van der Waals surface area (Å²) in [5, 5.41) is 6.15. The summed E-state index contributed by atoms with van der Waals surface area (Å²) in [5.41, 5.74) is 1.69. The van der Waals surface area contributed by atoms with E-state index in [0.29, 0.717) is 12.5 Å². The Bertz CT molecular complexity index is 542. The third kappa shape index (κ3) is 3.78. The molecule has 0 saturated heterocycles. The van der Waals surface area contributed by atoms with Gasteiger partial charge in [0.2, 0.25) is 11.8 Å². The van der Waals surface area contributed by atoms with Crippen molar-refractivity contribution in [2.24, 2.45) is 5.92 Å². The summed E-state index contributed by atoms with van der Waals surface area (Å²) in [4.78, 5) is 26.3. The number of nitrogens with zero attached hydrogens (tertiary/aromatic N) is 1. The number of para-hydroxylation sites is 2. The Morgan fingerprint density at radius 1 is 1.36 bits per heavy atom. The highest BCUT2D eigenvalue weighted by molar-refractivity contribution is 6.07. The fourth-order valence-electron chi connectivity index (χ4n) is 2.55. The number of amides is 2. The molecule has 1 heterocycles. The molecule has 0 bridgehead atoms. The van der Waals surface area contributed by atoms with Crippen molar-refractivity contribution in [3.63, 3.8) is 0 Å². The van der Waals surface area contributed by atoms with Crippen LogP contribution in [-0.4, -0.2) is 30.9 Å². The van der Waals surface area contributed by atoms with Gasteiger partial charge in [0.25, 0.3) is 0 Å². The highest BCUT2D eigenvalue weighted by Crippen LogP contribution is 2.31. The number of hydrogen-bond acceptors (Lipinski definition) is 3. The SMILES string of the molecule is CCCC1Nc2ccccc2N(CC(=O)NCC(C)C)C1=O. The molecule has 0 spiro atoms. The Balaban J connectivity index is 2.16. The average molecular weight is 303 g/mol. The summed E-state index contributed by atoms with van der Waals surface area (Å²) >= 11 is 0. The maximum absolute atomic E-state index is 12.6. The second kappa shape index (κ2) is 7.29. The van der Waals surface area contributed by atoms with Crippen LogP contribution in [0.15, 0.2) is 24.3 Å². The number of fused-ring (bicyclic) bond motifs is 1. The molecule has 1 aromatic carbocycles. The molecule has 0 radical (unpaired) electrons. The van der Waals surface area contributed by atoms with Crippen LogP contribution in [0.1, 0.15) is 33.6 Å². The molecule has 1 unspecified atom stereocenters. The van der Waals surface area contributed by atoms with Gasteiger partial charge in [0.15, 0.2) is 0 Å². The quantitative estimate of drug-likeness (QED) is 0.848. The van der Waals surface area contributed by atoms with Gasteiger partial charge in [-0.25, -0.2) is 0 Å². The molecule has 2 amide bonds. The summed E-state index contributed by atoms with van der Waals surface area (Å²) in [6.07, 6.45) is 1.68. The van der Waals surface area contributed by atoms with Crippen LogP contribution in [0.2, 0.25) is 0 Å². The zero-order valence-corrected chi connectivity index (χ0v) is 13.6. The van der Waals surface area contributed by atoms with Crippen molar-refractivity contribution < 1.29 is 9.59 Å². The van der Waals surface area contributed by atoms with Crippen LogP contribution in [-0.2, 0) is 9.59 Å². The van der Waals surface area contributed by atoms with Crippen molar-refractivity contribution in [3.8, 4) is 0 Å². The van der Waals surface area contributed by atoms with E-state index >= 15 is 0 Å². The van der Waals surface area contributed by atoms with Crippen LogP contribution < -0.4 is 15.5 Å². The average Bonchev–Trinajstić information content (AvgIpc) is 2.49. The molecular formula is C17H25N3O2. The van der Waals surface area contributed by atoms with Crippen molar-refractivity contribution in [1.29, 1.82) is 0 Å². The summed E-state index contributed by atoms with van der Waals surface area (Å²) in [7, 11) is 0. The molecule has 0 fully saturated rings. The predicted octanol–water partition coefficient (Wildman–Crippen LogP) is 2.39. The molecule has 0 aromatic heterocycles. The molecule has 1 aliphatic rings. The number of anilines is 2. The number of carbonyl (C=O) groups is 2. The van der Waals surface area contributed by atoms with Gasteiger partial charge in [0.05, 0.1) is 11.4 Å². The van der Waals surface area contributed by atoms with Crippen LogP contribution in [0.5, 0.6) is 0 Å². The van der Waals surface area contributed by atoms with Crippen molar-refractivity contribution >= 4 is 23.2 Å². The third-order valence-electron chi connectivity index (χ3n) is 3.68. The van der Waals surface area contributed by atoms with E-state index < -0.39 is 0 Å². The fourth-order valence-corrected chi connectivity index (χ4v) is 2.55. The fraction of sp³-hybridized carbons (Fsp3) is 0.529. The Morgan fingerprint density at radius 3 is 2.77 bits per heavy atom. The highest BCUT2D eigenvalue weighted by atomic mass is 16.2. The molecule has 120 valence electrons. The Morgan fingerprint density at radius 2 is 2.09 bits per heavy atom. The molecule has 1 aliphatic heterocycles. The third-order valence-corrected chi connectivity index (χ3v) is 3.68. The molecule has 1 atom stereocenters. The van der Waals surface area contributed by atoms with Gasteiger partial charge in [-0.1, -0.05) is 39.3 Å². The maximum Gasteiger partial charge on any atom is 0.250 e. The molecule has 0 aliphatic carbocycles. The van der Waals surface area contributed by atoms with E-state index in [9.17, 15) is 9.59 Å². The molecule has 2 N–H and O–H groups in total. The van der Waals surface area contributed by atoms with Gasteiger partial charge in [-0.05, 0) is 24.5 Å². The lowest BCUT2D eigenvalue weighted by Crippen LogP contribution is -2.51. The van der Waals surface area contributed by atoms with Crippen LogP contribution in [0.25, 0.3) is 0 Å². The monoisotopic (exact) mass is 303 g/mol. The van der Waals surface area contributed by atoms with E-state index in [1.54, 1.807) is 4.90 Å². The van der Waals surface area contributed by atoms with Gasteiger partial charge in [0.1, 0.15) is 12.6 Å². The van der Waals surface area contributed by atoms with Crippen LogP contribution in [0, 0.1) is 5.92 Å². The number of hydrogen-bond donors (Lipinski definition) is 2. The Kier molecular flexibility index (Phi) is 5.41. The number of rotatable bonds is 6. The first-order chi connectivity index (χ1) is 10.5. The minimum Gasteiger partial charge on any atom is -0.372 e. The standard InChI is InChI=1S/C17H25N3O2/c1-4-7-14-17(22)20(11-16(21)18-10-12(2)3)15-9-6-5-8-13(15)19-14/h5-6,8-9,12,14,19H,4,7,10-11H2,1-3H3,(H,18,21). The first-order valence-corrected chi connectivity index (χ1v) is 7.96. The second-order valence-electron chi connectivity index (χ2n) is 6.13. The van der Waals surface area contributed by atoms with E-state index in [4.69, 9.17) is 0 Å². The van der Waals surface area contributed by atoms with Gasteiger partial charge < -0.3 is 10.6 Å². The molecule has 2 rings (SSSR count). The lowest BCUT2D eigenvalue weighted by molar-refractivity contribution is -0.124. The zero-order chi connectivity index (χ0) is 16.1. The van der Waals surface area contributed by atoms with Crippen molar-refractivity contribution in [2.75, 3.05) is 23.3 Å². The van der Waals surface area contributed by atoms with Gasteiger partial charge in [0, 0.05) is 6.54 Å². The van der Waals surface area contributed by atoms with Crippen molar-refractivity contribution in [3.05, 3.63) is 24.3 Å². The van der Waals surface area contributed by atoms with E-state index in [0.717, 1.165) is 24.2 Å². The van der Waals surface area contributed by atoms with Gasteiger partial charge in [-0.15, -0.1) is 0 Å². The summed E-state index contributed by atoms with van der Waals surface area (Å²) in [6.45, 7) is 6.84. The maximum atomic E-state index is 12.6. The number of benzene rings is 1. The first-order valence-electron chi connectivity index (χ1n) is 7.96. The molecule has 22 heavy (non-hydrogen) atoms. The summed E-state index contributed by atoms with van der Waals surface area (Å²) in [6, 6.07) is 7.38. The van der Waals surface area contributed by atoms with Gasteiger partial charge >= 0.3 is 0 Å². The predicted molar refractivity (Wildman–Crippen MR) is 89.0 cm³/mol. The van der Waals surface area contributed by atoms with E-state index in [1.807, 2.05) is 38.1 Å². The molecule has 5 nitrogen and oxygen atoms in total. The summed E-state index contributed by atoms with van der Waals surface area (Å²) in [5.74, 6) is 0.247. The highest BCUT2D eigenvalue weighted by Gasteiger charge is 2.32. The van der Waals surface area contributed by atoms with Crippen LogP contribution >= 0.6 is 0 Å². The number of nitrogens with one attached hydrogen (secondary N) is 2. The van der Waals surface area contributed by atoms with Crippen molar-refractivity contribution in [1.82, 2.24) is 5.32 Å². The van der Waals surface area contributed by atoms with Gasteiger partial charge in [-0.2, -0.15) is 0 Å². The molecule has 5 heteroatoms. The normalized spacial score (nSPS) is 17.2. The number of carbonyl (C=O) groups excluding carboxylic acids is 2. The van der Waals surface area contributed by atoms with Crippen molar-refractivity contribution in [2.45, 2.75) is 39.7 Å². The second-order valence-corrected chi connectivity index (χ2v) is 6.13. The zero-order valence-electron chi connectivity index (χ0n) is 13.6. The van der Waals surface area contributed by atoms with Crippen LogP contribution in [0.3, 0.4) is 0 Å². The molecule has 0 saturated carbocycles. The Hall–Kier alpha value is -2.04. The molecule has 1 aromatic rings. The van der Waals surface area contributed by atoms with E-state index in [-0.39, 0.29) is 24.4 Å². The van der Waals surface area contributed by atoms with Crippen LogP contribution in [0.4, 0.5) is 11.4 Å². The molecular weight excluding hydrogens is 278 g/mol. The van der Waals surface area contributed by atoms with Gasteiger partial charge in [-0.3, -0.25) is 14.5 Å². The minimum absolute atomic E-state index is 0.0275. The first kappa shape index (κ1) is 16.3. The van der Waals surface area contributed by atoms with E-state index in [2.05, 4.69) is 17.6 Å². The minimum atomic E-state index is -0.252. The Labute approximate surface area is 132 Å². The lowest BCUT2D eigenvalue weighted by atomic mass is 10.0. The summed E-state index contributed by atoms with van der Waals surface area (Å²) < 4.78 is 0. The lowest BCUT2D eigenvalue weighted by Gasteiger charge is -2.35.